The number of hydrogen-bond donors (Lipinski definition) is 2. The zero-order valence-corrected chi connectivity index (χ0v) is 14.3. The van der Waals surface area contributed by atoms with E-state index in [0.29, 0.717) is 6.54 Å². The first kappa shape index (κ1) is 16.2. The number of nitrogens with zero attached hydrogens (tertiary/aromatic N) is 2. The third-order valence-electron chi connectivity index (χ3n) is 3.42. The van der Waals surface area contributed by atoms with Crippen molar-refractivity contribution in [3.63, 3.8) is 0 Å². The molecule has 0 aliphatic carbocycles. The monoisotopic (exact) mass is 342 g/mol. The van der Waals surface area contributed by atoms with Crippen LogP contribution in [0.15, 0.2) is 46.9 Å². The van der Waals surface area contributed by atoms with Gasteiger partial charge in [-0.1, -0.05) is 41.7 Å². The Balaban J connectivity index is 1.52. The molecule has 0 saturated carbocycles. The topological polar surface area (TPSA) is 80.0 Å². The van der Waals surface area contributed by atoms with Crippen molar-refractivity contribution in [2.45, 2.75) is 26.4 Å². The van der Waals surface area contributed by atoms with Crippen molar-refractivity contribution in [1.29, 1.82) is 0 Å². The Labute approximate surface area is 143 Å². The molecule has 24 heavy (non-hydrogen) atoms. The van der Waals surface area contributed by atoms with Crippen LogP contribution >= 0.6 is 11.3 Å². The van der Waals surface area contributed by atoms with Gasteiger partial charge in [0, 0.05) is 5.56 Å². The highest BCUT2D eigenvalue weighted by Crippen LogP contribution is 2.22. The summed E-state index contributed by atoms with van der Waals surface area (Å²) in [5.41, 5.74) is 1.02. The van der Waals surface area contributed by atoms with Crippen LogP contribution in [-0.2, 0) is 6.54 Å². The highest BCUT2D eigenvalue weighted by Gasteiger charge is 2.13. The number of nitrogens with one attached hydrogen (secondary N) is 2. The maximum Gasteiger partial charge on any atom is 0.315 e. The van der Waals surface area contributed by atoms with Crippen molar-refractivity contribution in [2.24, 2.45) is 0 Å². The highest BCUT2D eigenvalue weighted by molar-refractivity contribution is 7.14. The number of carbonyl (C=O) groups is 1. The molecule has 0 fully saturated rings. The number of hydrogen-bond acceptors (Lipinski definition) is 5. The van der Waals surface area contributed by atoms with Crippen molar-refractivity contribution < 1.29 is 9.21 Å². The second-order valence-electron chi connectivity index (χ2n) is 5.36. The van der Waals surface area contributed by atoms with Crippen molar-refractivity contribution in [2.75, 3.05) is 0 Å². The first-order valence-corrected chi connectivity index (χ1v) is 8.42. The molecule has 0 unspecified atom stereocenters. The van der Waals surface area contributed by atoms with Crippen LogP contribution in [0.25, 0.3) is 10.6 Å². The SMILES string of the molecule is Cc1ccc([C@H](C)NC(=O)NCc2nnc(-c3ccccc3)s2)o1. The predicted molar refractivity (Wildman–Crippen MR) is 92.6 cm³/mol. The number of urea groups is 1. The van der Waals surface area contributed by atoms with E-state index in [1.165, 1.54) is 11.3 Å². The summed E-state index contributed by atoms with van der Waals surface area (Å²) in [6.07, 6.45) is 0. The van der Waals surface area contributed by atoms with Gasteiger partial charge in [0.05, 0.1) is 12.6 Å². The molecule has 0 bridgehead atoms. The molecule has 1 atom stereocenters. The standard InChI is InChI=1S/C17H18N4O2S/c1-11-8-9-14(23-11)12(2)19-17(22)18-10-15-20-21-16(24-15)13-6-4-3-5-7-13/h3-9,12H,10H2,1-2H3,(H2,18,19,22)/t12-/m0/s1. The molecule has 0 aliphatic rings. The third-order valence-corrected chi connectivity index (χ3v) is 4.40. The Bertz CT molecular complexity index is 813. The lowest BCUT2D eigenvalue weighted by molar-refractivity contribution is 0.235. The van der Waals surface area contributed by atoms with Gasteiger partial charge in [-0.3, -0.25) is 0 Å². The second kappa shape index (κ2) is 7.27. The molecule has 7 heteroatoms. The Kier molecular flexibility index (Phi) is 4.90. The summed E-state index contributed by atoms with van der Waals surface area (Å²) in [7, 11) is 0. The number of benzene rings is 1. The third kappa shape index (κ3) is 3.99. The van der Waals surface area contributed by atoms with E-state index in [0.717, 1.165) is 27.1 Å². The van der Waals surface area contributed by atoms with E-state index in [4.69, 9.17) is 4.42 Å². The maximum absolute atomic E-state index is 12.0. The van der Waals surface area contributed by atoms with Gasteiger partial charge in [0.2, 0.25) is 0 Å². The molecule has 0 aliphatic heterocycles. The van der Waals surface area contributed by atoms with Crippen LogP contribution in [-0.4, -0.2) is 16.2 Å². The average Bonchev–Trinajstić information content (AvgIpc) is 3.23. The fraction of sp³-hybridized carbons (Fsp3) is 0.235. The molecule has 2 aromatic heterocycles. The molecule has 3 rings (SSSR count). The molecule has 124 valence electrons. The van der Waals surface area contributed by atoms with Crippen LogP contribution in [0, 0.1) is 6.92 Å². The molecule has 2 heterocycles. The Morgan fingerprint density at radius 1 is 1.21 bits per heavy atom. The molecule has 6 nitrogen and oxygen atoms in total. The van der Waals surface area contributed by atoms with E-state index < -0.39 is 0 Å². The Morgan fingerprint density at radius 3 is 2.71 bits per heavy atom. The quantitative estimate of drug-likeness (QED) is 0.741. The average molecular weight is 342 g/mol. The van der Waals surface area contributed by atoms with E-state index in [-0.39, 0.29) is 12.1 Å². The molecule has 0 spiro atoms. The summed E-state index contributed by atoms with van der Waals surface area (Å²) in [6.45, 7) is 4.08. The van der Waals surface area contributed by atoms with Gasteiger partial charge in [-0.15, -0.1) is 10.2 Å². The van der Waals surface area contributed by atoms with E-state index in [2.05, 4.69) is 20.8 Å². The molecular weight excluding hydrogens is 324 g/mol. The minimum atomic E-state index is -0.270. The number of carbonyl (C=O) groups excluding carboxylic acids is 1. The van der Waals surface area contributed by atoms with Gasteiger partial charge in [0.1, 0.15) is 21.5 Å². The van der Waals surface area contributed by atoms with Gasteiger partial charge in [-0.05, 0) is 26.0 Å². The summed E-state index contributed by atoms with van der Waals surface area (Å²) in [4.78, 5) is 12.0. The van der Waals surface area contributed by atoms with Crippen LogP contribution in [0.4, 0.5) is 4.79 Å². The molecule has 1 aromatic carbocycles. The largest absolute Gasteiger partial charge is 0.464 e. The fourth-order valence-electron chi connectivity index (χ4n) is 2.18. The van der Waals surface area contributed by atoms with Gasteiger partial charge < -0.3 is 15.1 Å². The van der Waals surface area contributed by atoms with Crippen LogP contribution in [0.1, 0.15) is 29.5 Å². The van der Waals surface area contributed by atoms with E-state index in [1.807, 2.05) is 56.3 Å². The minimum Gasteiger partial charge on any atom is -0.464 e. The van der Waals surface area contributed by atoms with E-state index in [1.54, 1.807) is 0 Å². The van der Waals surface area contributed by atoms with Crippen molar-refractivity contribution >= 4 is 17.4 Å². The van der Waals surface area contributed by atoms with E-state index >= 15 is 0 Å². The lowest BCUT2D eigenvalue weighted by atomic mass is 10.2. The zero-order chi connectivity index (χ0) is 16.9. The lowest BCUT2D eigenvalue weighted by Gasteiger charge is -2.11. The summed E-state index contributed by atoms with van der Waals surface area (Å²) in [5, 5.41) is 15.5. The molecular formula is C17H18N4O2S. The van der Waals surface area contributed by atoms with Crippen LogP contribution in [0.5, 0.6) is 0 Å². The number of aromatic nitrogens is 2. The summed E-state index contributed by atoms with van der Waals surface area (Å²) >= 11 is 1.46. The first-order chi connectivity index (χ1) is 11.6. The zero-order valence-electron chi connectivity index (χ0n) is 13.4. The summed E-state index contributed by atoms with van der Waals surface area (Å²) < 4.78 is 5.50. The van der Waals surface area contributed by atoms with Crippen molar-refractivity contribution in [3.05, 3.63) is 59.0 Å². The minimum absolute atomic E-state index is 0.201. The van der Waals surface area contributed by atoms with Gasteiger partial charge in [-0.25, -0.2) is 4.79 Å². The molecule has 3 aromatic rings. The van der Waals surface area contributed by atoms with Gasteiger partial charge >= 0.3 is 6.03 Å². The van der Waals surface area contributed by atoms with Crippen LogP contribution < -0.4 is 10.6 Å². The molecule has 0 saturated heterocycles. The number of furan rings is 1. The summed E-state index contributed by atoms with van der Waals surface area (Å²) in [5.74, 6) is 1.55. The Hall–Kier alpha value is -2.67. The number of amides is 2. The second-order valence-corrected chi connectivity index (χ2v) is 6.43. The van der Waals surface area contributed by atoms with Crippen molar-refractivity contribution in [3.8, 4) is 10.6 Å². The van der Waals surface area contributed by atoms with Gasteiger partial charge in [0.25, 0.3) is 0 Å². The normalized spacial score (nSPS) is 11.9. The maximum atomic E-state index is 12.0. The predicted octanol–water partition coefficient (Wildman–Crippen LogP) is 3.67. The van der Waals surface area contributed by atoms with Crippen molar-refractivity contribution in [1.82, 2.24) is 20.8 Å². The molecule has 2 amide bonds. The van der Waals surface area contributed by atoms with Crippen LogP contribution in [0.2, 0.25) is 0 Å². The van der Waals surface area contributed by atoms with Gasteiger partial charge in [-0.2, -0.15) is 0 Å². The highest BCUT2D eigenvalue weighted by atomic mass is 32.1. The number of aryl methyl sites for hydroxylation is 1. The fourth-order valence-corrected chi connectivity index (χ4v) is 2.97. The lowest BCUT2D eigenvalue weighted by Crippen LogP contribution is -2.36. The molecule has 2 N–H and O–H groups in total. The van der Waals surface area contributed by atoms with Crippen LogP contribution in [0.3, 0.4) is 0 Å². The first-order valence-electron chi connectivity index (χ1n) is 7.60. The molecule has 0 radical (unpaired) electrons. The Morgan fingerprint density at radius 2 is 2.00 bits per heavy atom. The van der Waals surface area contributed by atoms with E-state index in [9.17, 15) is 4.79 Å². The number of rotatable bonds is 5. The summed E-state index contributed by atoms with van der Waals surface area (Å²) in [6, 6.07) is 13.1. The van der Waals surface area contributed by atoms with Gasteiger partial charge in [0.15, 0.2) is 0 Å². The smallest absolute Gasteiger partial charge is 0.315 e.